The maximum atomic E-state index is 12.8. The van der Waals surface area contributed by atoms with E-state index in [0.29, 0.717) is 0 Å². The van der Waals surface area contributed by atoms with Crippen LogP contribution in [0.4, 0.5) is 0 Å². The van der Waals surface area contributed by atoms with E-state index in [1.54, 1.807) is 0 Å². The topological polar surface area (TPSA) is 62.5 Å². The molecule has 6 nitrogen and oxygen atoms in total. The van der Waals surface area contributed by atoms with Crippen LogP contribution in [-0.4, -0.2) is 35.3 Å². The molecule has 2 atom stereocenters. The minimum absolute atomic E-state index is 0.361. The maximum Gasteiger partial charge on any atom is 0.324 e. The van der Waals surface area contributed by atoms with Crippen molar-refractivity contribution in [1.29, 1.82) is 0 Å². The van der Waals surface area contributed by atoms with Crippen LogP contribution < -0.4 is 0 Å². The number of ether oxygens (including phenoxy) is 2. The lowest BCUT2D eigenvalue weighted by molar-refractivity contribution is -0.141. The number of benzene rings is 2. The lowest BCUT2D eigenvalue weighted by atomic mass is 10.1. The minimum Gasteiger partial charge on any atom is -0.468 e. The number of rotatable bonds is 7. The number of nitrogens with zero attached hydrogens (tertiary/aromatic N) is 2. The Balaban J connectivity index is 1.71. The first-order chi connectivity index (χ1) is 15.5. The average Bonchev–Trinajstić information content (AvgIpc) is 3.33. The minimum atomic E-state index is -0.599. The molecule has 8 heteroatoms. The van der Waals surface area contributed by atoms with Gasteiger partial charge in [-0.2, -0.15) is 0 Å². The van der Waals surface area contributed by atoms with Crippen LogP contribution in [0.3, 0.4) is 0 Å². The second kappa shape index (κ2) is 9.34. The summed E-state index contributed by atoms with van der Waals surface area (Å²) in [6.07, 6.45) is 3.90. The molecule has 0 saturated heterocycles. The van der Waals surface area contributed by atoms with Crippen LogP contribution in [0.25, 0.3) is 21.8 Å². The van der Waals surface area contributed by atoms with Crippen molar-refractivity contribution in [2.75, 3.05) is 14.2 Å². The summed E-state index contributed by atoms with van der Waals surface area (Å²) in [5.41, 5.74) is 3.77. The summed E-state index contributed by atoms with van der Waals surface area (Å²) in [5, 5.41) is 0.771. The molecule has 0 radical (unpaired) electrons. The van der Waals surface area contributed by atoms with E-state index in [9.17, 15) is 9.59 Å². The number of fused-ring (bicyclic) bond motifs is 2. The zero-order valence-corrected chi connectivity index (χ0v) is 19.9. The van der Waals surface area contributed by atoms with E-state index in [-0.39, 0.29) is 11.9 Å². The fraction of sp³-hybridized carbons (Fsp3) is 0.250. The number of para-hydroxylation sites is 2. The highest BCUT2D eigenvalue weighted by Gasteiger charge is 2.32. The van der Waals surface area contributed by atoms with E-state index in [2.05, 4.69) is 0 Å². The van der Waals surface area contributed by atoms with Crippen LogP contribution in [0.1, 0.15) is 21.6 Å². The van der Waals surface area contributed by atoms with Crippen molar-refractivity contribution >= 4 is 55.3 Å². The molecule has 0 saturated carbocycles. The predicted molar refractivity (Wildman–Crippen MR) is 131 cm³/mol. The first kappa shape index (κ1) is 22.4. The van der Waals surface area contributed by atoms with Gasteiger partial charge >= 0.3 is 11.9 Å². The molecule has 166 valence electrons. The second-order valence-corrected chi connectivity index (χ2v) is 9.91. The molecule has 2 aromatic heterocycles. The molecular formula is C24H24N2O4S2. The van der Waals surface area contributed by atoms with E-state index >= 15 is 0 Å². The van der Waals surface area contributed by atoms with Gasteiger partial charge in [0.15, 0.2) is 0 Å². The third-order valence-electron chi connectivity index (χ3n) is 5.50. The largest absolute Gasteiger partial charge is 0.468 e. The highest BCUT2D eigenvalue weighted by molar-refractivity contribution is 8.77. The highest BCUT2D eigenvalue weighted by Crippen LogP contribution is 2.49. The van der Waals surface area contributed by atoms with Crippen molar-refractivity contribution in [1.82, 2.24) is 9.13 Å². The Bertz CT molecular complexity index is 1190. The van der Waals surface area contributed by atoms with Gasteiger partial charge in [0.05, 0.1) is 14.2 Å². The van der Waals surface area contributed by atoms with Crippen molar-refractivity contribution in [2.45, 2.75) is 10.5 Å². The molecule has 0 fully saturated rings. The third kappa shape index (κ3) is 4.00. The summed E-state index contributed by atoms with van der Waals surface area (Å²) in [5.74, 6) is -0.722. The monoisotopic (exact) mass is 468 g/mol. The average molecular weight is 469 g/mol. The number of aryl methyl sites for hydroxylation is 2. The number of hydrogen-bond acceptors (Lipinski definition) is 6. The molecular weight excluding hydrogens is 444 g/mol. The van der Waals surface area contributed by atoms with Crippen LogP contribution in [0.2, 0.25) is 0 Å². The maximum absolute atomic E-state index is 12.8. The normalized spacial score (nSPS) is 13.2. The van der Waals surface area contributed by atoms with Crippen LogP contribution >= 0.6 is 21.6 Å². The Labute approximate surface area is 194 Å². The molecule has 0 aliphatic rings. The van der Waals surface area contributed by atoms with Gasteiger partial charge in [0, 0.05) is 59.4 Å². The highest BCUT2D eigenvalue weighted by atomic mass is 33.1. The van der Waals surface area contributed by atoms with E-state index < -0.39 is 10.5 Å². The Morgan fingerprint density at radius 2 is 1.09 bits per heavy atom. The fourth-order valence-corrected chi connectivity index (χ4v) is 6.84. The second-order valence-electron chi connectivity index (χ2n) is 7.42. The summed E-state index contributed by atoms with van der Waals surface area (Å²) >= 11 is 0. The molecule has 0 bridgehead atoms. The Morgan fingerprint density at radius 1 is 0.719 bits per heavy atom. The SMILES string of the molecule is COC(=O)C(SSC(C(=O)OC)c1cn(C)c2ccccc12)c1cn(C)c2ccccc12. The van der Waals surface area contributed by atoms with Crippen molar-refractivity contribution in [3.8, 4) is 0 Å². The van der Waals surface area contributed by atoms with Gasteiger partial charge in [-0.3, -0.25) is 9.59 Å². The number of carbonyl (C=O) groups is 2. The standard InChI is InChI=1S/C24H24N2O4S2/c1-25-13-17(15-9-5-7-11-19(15)25)21(23(27)29-3)31-32-22(24(28)30-4)18-14-26(2)20-12-8-6-10-16(18)20/h5-14,21-22H,1-4H3. The molecule has 2 aromatic carbocycles. The quantitative estimate of drug-likeness (QED) is 0.275. The number of carbonyl (C=O) groups excluding carboxylic acids is 2. The van der Waals surface area contributed by atoms with Gasteiger partial charge in [-0.05, 0) is 12.1 Å². The van der Waals surface area contributed by atoms with Gasteiger partial charge in [-0.1, -0.05) is 58.0 Å². The molecule has 0 aliphatic carbocycles. The van der Waals surface area contributed by atoms with E-state index in [0.717, 1.165) is 32.9 Å². The zero-order chi connectivity index (χ0) is 22.8. The van der Waals surface area contributed by atoms with Crippen molar-refractivity contribution in [3.63, 3.8) is 0 Å². The number of aromatic nitrogens is 2. The van der Waals surface area contributed by atoms with Gasteiger partial charge in [-0.25, -0.2) is 0 Å². The summed E-state index contributed by atoms with van der Waals surface area (Å²) in [4.78, 5) is 25.6. The van der Waals surface area contributed by atoms with Gasteiger partial charge < -0.3 is 18.6 Å². The molecule has 2 heterocycles. The predicted octanol–water partition coefficient (Wildman–Crippen LogP) is 5.18. The van der Waals surface area contributed by atoms with E-state index in [1.807, 2.05) is 84.2 Å². The summed E-state index contributed by atoms with van der Waals surface area (Å²) < 4.78 is 14.2. The van der Waals surface area contributed by atoms with Crippen LogP contribution in [0.5, 0.6) is 0 Å². The first-order valence-corrected chi connectivity index (χ1v) is 12.3. The van der Waals surface area contributed by atoms with Crippen LogP contribution in [-0.2, 0) is 33.2 Å². The number of methoxy groups -OCH3 is 2. The summed E-state index contributed by atoms with van der Waals surface area (Å²) in [7, 11) is 9.30. The van der Waals surface area contributed by atoms with E-state index in [4.69, 9.17) is 9.47 Å². The molecule has 0 N–H and O–H groups in total. The Morgan fingerprint density at radius 3 is 1.47 bits per heavy atom. The third-order valence-corrected chi connectivity index (χ3v) is 8.38. The molecule has 32 heavy (non-hydrogen) atoms. The Hall–Kier alpha value is -2.84. The number of hydrogen-bond donors (Lipinski definition) is 0. The van der Waals surface area contributed by atoms with E-state index in [1.165, 1.54) is 35.8 Å². The molecule has 4 rings (SSSR count). The molecule has 0 amide bonds. The van der Waals surface area contributed by atoms with Crippen LogP contribution in [0.15, 0.2) is 60.9 Å². The number of esters is 2. The van der Waals surface area contributed by atoms with Crippen molar-refractivity contribution in [3.05, 3.63) is 72.1 Å². The summed E-state index contributed by atoms with van der Waals surface area (Å²) in [6.45, 7) is 0. The van der Waals surface area contributed by atoms with Crippen molar-refractivity contribution in [2.24, 2.45) is 14.1 Å². The van der Waals surface area contributed by atoms with Gasteiger partial charge in [-0.15, -0.1) is 0 Å². The molecule has 2 unspecified atom stereocenters. The van der Waals surface area contributed by atoms with Gasteiger partial charge in [0.25, 0.3) is 0 Å². The molecule has 4 aromatic rings. The fourth-order valence-electron chi connectivity index (χ4n) is 3.93. The molecule has 0 aliphatic heterocycles. The lowest BCUT2D eigenvalue weighted by Crippen LogP contribution is -2.13. The van der Waals surface area contributed by atoms with Crippen molar-refractivity contribution < 1.29 is 19.1 Å². The Kier molecular flexibility index (Phi) is 6.53. The smallest absolute Gasteiger partial charge is 0.324 e. The van der Waals surface area contributed by atoms with Crippen LogP contribution in [0, 0.1) is 0 Å². The first-order valence-electron chi connectivity index (χ1n) is 10.0. The summed E-state index contributed by atoms with van der Waals surface area (Å²) in [6, 6.07) is 15.8. The van der Waals surface area contributed by atoms with Gasteiger partial charge in [0.1, 0.15) is 10.5 Å². The lowest BCUT2D eigenvalue weighted by Gasteiger charge is -2.18. The molecule has 0 spiro atoms. The van der Waals surface area contributed by atoms with Gasteiger partial charge in [0.2, 0.25) is 0 Å². The zero-order valence-electron chi connectivity index (χ0n) is 18.3.